The van der Waals surface area contributed by atoms with Crippen LogP contribution in [0.3, 0.4) is 0 Å². The van der Waals surface area contributed by atoms with Crippen LogP contribution in [0.2, 0.25) is 0 Å². The van der Waals surface area contributed by atoms with Gasteiger partial charge >= 0.3 is 0 Å². The van der Waals surface area contributed by atoms with E-state index in [-0.39, 0.29) is 0 Å². The summed E-state index contributed by atoms with van der Waals surface area (Å²) >= 11 is 0. The second-order valence-electron chi connectivity index (χ2n) is 12.7. The van der Waals surface area contributed by atoms with E-state index in [1.807, 2.05) is 18.2 Å². The Morgan fingerprint density at radius 2 is 0.882 bits per heavy atom. The van der Waals surface area contributed by atoms with Crippen molar-refractivity contribution in [2.24, 2.45) is 0 Å². The maximum Gasteiger partial charge on any atom is 0.0562 e. The molecule has 0 N–H and O–H groups in total. The lowest BCUT2D eigenvalue weighted by Gasteiger charge is -2.22. The van der Waals surface area contributed by atoms with E-state index in [4.69, 9.17) is 0 Å². The van der Waals surface area contributed by atoms with Crippen LogP contribution in [0, 0.1) is 0 Å². The van der Waals surface area contributed by atoms with Crippen molar-refractivity contribution < 1.29 is 0 Å². The summed E-state index contributed by atoms with van der Waals surface area (Å²) in [6, 6.07) is 61.0. The van der Waals surface area contributed by atoms with Crippen LogP contribution in [-0.2, 0) is 0 Å². The molecule has 0 bridgehead atoms. The van der Waals surface area contributed by atoms with Gasteiger partial charge in [-0.3, -0.25) is 0 Å². The molecule has 7 aromatic carbocycles. The number of hydrogen-bond donors (Lipinski definition) is 0. The van der Waals surface area contributed by atoms with Crippen molar-refractivity contribution in [3.05, 3.63) is 207 Å². The lowest BCUT2D eigenvalue weighted by Crippen LogP contribution is -2.08. The van der Waals surface area contributed by atoms with Gasteiger partial charge in [-0.05, 0) is 90.0 Å². The largest absolute Gasteiger partial charge is 0.317 e. The molecular formula is C48H35N3. The quantitative estimate of drug-likeness (QED) is 0.149. The highest BCUT2D eigenvalue weighted by molar-refractivity contribution is 6.19. The number of anilines is 2. The summed E-state index contributed by atoms with van der Waals surface area (Å²) in [5.74, 6) is 0. The molecule has 0 fully saturated rings. The second kappa shape index (κ2) is 12.9. The molecule has 9 rings (SSSR count). The highest BCUT2D eigenvalue weighted by Gasteiger charge is 2.18. The first-order valence-corrected chi connectivity index (χ1v) is 17.3. The summed E-state index contributed by atoms with van der Waals surface area (Å²) in [4.78, 5) is 2.22. The van der Waals surface area contributed by atoms with Crippen LogP contribution >= 0.6 is 0 Å². The Kier molecular flexibility index (Phi) is 7.64. The third-order valence-corrected chi connectivity index (χ3v) is 9.71. The van der Waals surface area contributed by atoms with Gasteiger partial charge in [0, 0.05) is 50.5 Å². The lowest BCUT2D eigenvalue weighted by molar-refractivity contribution is 1.16. The van der Waals surface area contributed by atoms with Crippen molar-refractivity contribution in [1.29, 1.82) is 0 Å². The summed E-state index contributed by atoms with van der Waals surface area (Å²) in [5.41, 5.74) is 11.6. The number of allylic oxidation sites excluding steroid dienone is 4. The van der Waals surface area contributed by atoms with Gasteiger partial charge in [0.2, 0.25) is 0 Å². The highest BCUT2D eigenvalue weighted by Crippen LogP contribution is 2.40. The fourth-order valence-electron chi connectivity index (χ4n) is 7.37. The fourth-order valence-corrected chi connectivity index (χ4v) is 7.37. The molecule has 0 radical (unpaired) electrons. The van der Waals surface area contributed by atoms with Crippen LogP contribution in [-0.4, -0.2) is 9.13 Å². The molecule has 3 nitrogen and oxygen atoms in total. The van der Waals surface area contributed by atoms with E-state index >= 15 is 0 Å². The third kappa shape index (κ3) is 5.33. The first-order valence-electron chi connectivity index (χ1n) is 17.3. The zero-order valence-corrected chi connectivity index (χ0v) is 28.1. The normalized spacial score (nSPS) is 11.8. The predicted molar refractivity (Wildman–Crippen MR) is 218 cm³/mol. The third-order valence-electron chi connectivity index (χ3n) is 9.71. The minimum Gasteiger partial charge on any atom is -0.317 e. The van der Waals surface area contributed by atoms with Crippen LogP contribution in [0.4, 0.5) is 11.4 Å². The Hall–Kier alpha value is -6.84. The van der Waals surface area contributed by atoms with Crippen molar-refractivity contribution in [2.45, 2.75) is 0 Å². The molecule has 0 amide bonds. The Labute approximate surface area is 297 Å². The minimum atomic E-state index is 1.07. The molecule has 2 aromatic heterocycles. The van der Waals surface area contributed by atoms with Gasteiger partial charge in [0.15, 0.2) is 0 Å². The molecule has 0 aliphatic carbocycles. The van der Waals surface area contributed by atoms with Crippen molar-refractivity contribution >= 4 is 55.0 Å². The van der Waals surface area contributed by atoms with Gasteiger partial charge in [-0.15, -0.1) is 0 Å². The maximum atomic E-state index is 3.82. The molecule has 9 aromatic rings. The standard InChI is InChI=1S/C48H35N3/c1-2-3-4-15-32-49(37-26-24-36(25-27-37)35-16-7-5-8-17-35)38-28-30-40(31-29-38)51-46-23-14-12-21-42(46)44-33-43-41-20-11-13-22-45(41)50(47(43)34-48(44)51)39-18-9-6-10-19-39/h2-34H,1H2/b4-3-,32-15-. The fraction of sp³-hybridized carbons (Fsp3) is 0. The SMILES string of the molecule is C=C/C=C\C=C/N(c1ccc(-c2ccccc2)cc1)c1ccc(-n2c3ccccc3c3cc4c5ccccc5n(-c5ccccc5)c4cc32)cc1. The molecule has 0 unspecified atom stereocenters. The van der Waals surface area contributed by atoms with Gasteiger partial charge in [-0.1, -0.05) is 122 Å². The first-order chi connectivity index (χ1) is 25.3. The average molecular weight is 654 g/mol. The summed E-state index contributed by atoms with van der Waals surface area (Å²) in [7, 11) is 0. The summed E-state index contributed by atoms with van der Waals surface area (Å²) in [6.07, 6.45) is 9.88. The van der Waals surface area contributed by atoms with Crippen molar-refractivity contribution in [3.63, 3.8) is 0 Å². The molecule has 0 spiro atoms. The summed E-state index contributed by atoms with van der Waals surface area (Å²) < 4.78 is 4.80. The van der Waals surface area contributed by atoms with Crippen LogP contribution in [0.25, 0.3) is 66.1 Å². The minimum absolute atomic E-state index is 1.07. The van der Waals surface area contributed by atoms with Crippen LogP contribution in [0.15, 0.2) is 207 Å². The molecule has 0 aliphatic rings. The van der Waals surface area contributed by atoms with Crippen molar-refractivity contribution in [1.82, 2.24) is 9.13 Å². The molecule has 51 heavy (non-hydrogen) atoms. The Morgan fingerprint density at radius 1 is 0.392 bits per heavy atom. The first kappa shape index (κ1) is 30.2. The molecule has 0 saturated carbocycles. The number of benzene rings is 7. The Bertz CT molecular complexity index is 2730. The lowest BCUT2D eigenvalue weighted by atomic mass is 10.1. The van der Waals surface area contributed by atoms with E-state index in [0.29, 0.717) is 0 Å². The van der Waals surface area contributed by atoms with Gasteiger partial charge in [-0.2, -0.15) is 0 Å². The molecule has 0 saturated heterocycles. The number of aromatic nitrogens is 2. The maximum absolute atomic E-state index is 3.82. The van der Waals surface area contributed by atoms with E-state index in [0.717, 1.165) is 22.7 Å². The predicted octanol–water partition coefficient (Wildman–Crippen LogP) is 12.9. The number of para-hydroxylation sites is 3. The number of hydrogen-bond acceptors (Lipinski definition) is 1. The molecule has 3 heteroatoms. The van der Waals surface area contributed by atoms with E-state index in [1.165, 1.54) is 54.7 Å². The van der Waals surface area contributed by atoms with Crippen LogP contribution < -0.4 is 4.90 Å². The molecule has 0 atom stereocenters. The molecule has 2 heterocycles. The van der Waals surface area contributed by atoms with Crippen LogP contribution in [0.1, 0.15) is 0 Å². The number of rotatable bonds is 8. The number of fused-ring (bicyclic) bond motifs is 6. The Morgan fingerprint density at radius 3 is 1.47 bits per heavy atom. The van der Waals surface area contributed by atoms with E-state index in [1.54, 1.807) is 6.08 Å². The van der Waals surface area contributed by atoms with Crippen molar-refractivity contribution in [2.75, 3.05) is 4.90 Å². The summed E-state index contributed by atoms with van der Waals surface area (Å²) in [5, 5.41) is 5.00. The van der Waals surface area contributed by atoms with Crippen LogP contribution in [0.5, 0.6) is 0 Å². The van der Waals surface area contributed by atoms with E-state index < -0.39 is 0 Å². The zero-order valence-electron chi connectivity index (χ0n) is 28.1. The van der Waals surface area contributed by atoms with Gasteiger partial charge in [0.05, 0.1) is 22.1 Å². The topological polar surface area (TPSA) is 13.1 Å². The van der Waals surface area contributed by atoms with Gasteiger partial charge in [-0.25, -0.2) is 0 Å². The summed E-state index contributed by atoms with van der Waals surface area (Å²) in [6.45, 7) is 3.82. The van der Waals surface area contributed by atoms with Gasteiger partial charge < -0.3 is 14.0 Å². The van der Waals surface area contributed by atoms with Gasteiger partial charge in [0.1, 0.15) is 0 Å². The monoisotopic (exact) mass is 653 g/mol. The highest BCUT2D eigenvalue weighted by atomic mass is 15.1. The van der Waals surface area contributed by atoms with Gasteiger partial charge in [0.25, 0.3) is 0 Å². The Balaban J connectivity index is 1.19. The average Bonchev–Trinajstić information content (AvgIpc) is 3.70. The van der Waals surface area contributed by atoms with E-state index in [9.17, 15) is 0 Å². The van der Waals surface area contributed by atoms with Crippen molar-refractivity contribution in [3.8, 4) is 22.5 Å². The second-order valence-corrected chi connectivity index (χ2v) is 12.7. The molecular weight excluding hydrogens is 619 g/mol. The van der Waals surface area contributed by atoms with E-state index in [2.05, 4.69) is 197 Å². The zero-order chi connectivity index (χ0) is 34.1. The smallest absolute Gasteiger partial charge is 0.0562 e. The number of nitrogens with zero attached hydrogens (tertiary/aromatic N) is 3. The molecule has 0 aliphatic heterocycles. The molecule has 242 valence electrons.